The highest BCUT2D eigenvalue weighted by atomic mass is 79.9. The third-order valence-corrected chi connectivity index (χ3v) is 4.87. The second-order valence-corrected chi connectivity index (χ2v) is 7.72. The number of ether oxygens (including phenoxy) is 1. The smallest absolute Gasteiger partial charge is 0.119 e. The minimum absolute atomic E-state index is 0.307. The molecule has 2 aromatic rings. The summed E-state index contributed by atoms with van der Waals surface area (Å²) in [7, 11) is 0. The number of aliphatic hydroxyl groups is 1. The predicted octanol–water partition coefficient (Wildman–Crippen LogP) is 4.34. The summed E-state index contributed by atoms with van der Waals surface area (Å²) in [6.45, 7) is 4.99. The van der Waals surface area contributed by atoms with Gasteiger partial charge in [-0.1, -0.05) is 40.2 Å². The van der Waals surface area contributed by atoms with Crippen LogP contribution >= 0.6 is 15.9 Å². The molecule has 0 amide bonds. The highest BCUT2D eigenvalue weighted by Crippen LogP contribution is 2.24. The zero-order chi connectivity index (χ0) is 17.0. The van der Waals surface area contributed by atoms with Crippen LogP contribution in [-0.4, -0.2) is 41.8 Å². The Kier molecular flexibility index (Phi) is 5.59. The van der Waals surface area contributed by atoms with E-state index in [0.29, 0.717) is 13.2 Å². The molecule has 128 valence electrons. The highest BCUT2D eigenvalue weighted by molar-refractivity contribution is 9.10. The molecular weight excluding hydrogens is 366 g/mol. The first kappa shape index (κ1) is 17.5. The maximum Gasteiger partial charge on any atom is 0.119 e. The molecule has 0 bridgehead atoms. The van der Waals surface area contributed by atoms with Crippen LogP contribution in [0.3, 0.4) is 0 Å². The lowest BCUT2D eigenvalue weighted by atomic mass is 10.1. The Morgan fingerprint density at radius 1 is 1.00 bits per heavy atom. The zero-order valence-corrected chi connectivity index (χ0v) is 15.6. The van der Waals surface area contributed by atoms with Crippen LogP contribution in [0.1, 0.15) is 19.8 Å². The van der Waals surface area contributed by atoms with E-state index in [1.54, 1.807) is 0 Å². The van der Waals surface area contributed by atoms with E-state index < -0.39 is 5.60 Å². The Morgan fingerprint density at radius 3 is 2.12 bits per heavy atom. The average Bonchev–Trinajstić information content (AvgIpc) is 3.06. The van der Waals surface area contributed by atoms with Crippen LogP contribution in [0.5, 0.6) is 5.75 Å². The fourth-order valence-corrected chi connectivity index (χ4v) is 3.36. The summed E-state index contributed by atoms with van der Waals surface area (Å²) < 4.78 is 6.88. The molecule has 1 saturated heterocycles. The van der Waals surface area contributed by atoms with Crippen LogP contribution in [0.25, 0.3) is 11.1 Å². The Bertz CT molecular complexity index is 646. The fourth-order valence-electron chi connectivity index (χ4n) is 3.09. The van der Waals surface area contributed by atoms with Crippen LogP contribution in [0.2, 0.25) is 0 Å². The minimum Gasteiger partial charge on any atom is -0.491 e. The molecule has 2 aromatic carbocycles. The maximum atomic E-state index is 10.5. The van der Waals surface area contributed by atoms with Gasteiger partial charge in [0.05, 0.1) is 0 Å². The second kappa shape index (κ2) is 7.68. The van der Waals surface area contributed by atoms with E-state index in [1.807, 2.05) is 43.3 Å². The molecule has 3 rings (SSSR count). The highest BCUT2D eigenvalue weighted by Gasteiger charge is 2.26. The second-order valence-electron chi connectivity index (χ2n) is 6.80. The number of β-amino-alcohol motifs (C(OH)–C–C–N with tert-alkyl or cyclic N) is 1. The molecule has 0 aromatic heterocycles. The summed E-state index contributed by atoms with van der Waals surface area (Å²) in [6.07, 6.45) is 2.46. The third kappa shape index (κ3) is 4.82. The van der Waals surface area contributed by atoms with Crippen LogP contribution in [0.4, 0.5) is 0 Å². The summed E-state index contributed by atoms with van der Waals surface area (Å²) in [5, 5.41) is 10.5. The molecule has 1 fully saturated rings. The van der Waals surface area contributed by atoms with Gasteiger partial charge in [0.2, 0.25) is 0 Å². The maximum absolute atomic E-state index is 10.5. The molecule has 4 heteroatoms. The monoisotopic (exact) mass is 389 g/mol. The van der Waals surface area contributed by atoms with Gasteiger partial charge < -0.3 is 14.7 Å². The van der Waals surface area contributed by atoms with Gasteiger partial charge in [0.15, 0.2) is 0 Å². The third-order valence-electron chi connectivity index (χ3n) is 4.34. The number of halogens is 1. The van der Waals surface area contributed by atoms with Crippen LogP contribution in [0.15, 0.2) is 53.0 Å². The Labute approximate surface area is 152 Å². The summed E-state index contributed by atoms with van der Waals surface area (Å²) in [5.41, 5.74) is 1.50. The lowest BCUT2D eigenvalue weighted by molar-refractivity contribution is -0.0127. The van der Waals surface area contributed by atoms with E-state index in [9.17, 15) is 5.11 Å². The van der Waals surface area contributed by atoms with Crippen molar-refractivity contribution in [3.8, 4) is 16.9 Å². The van der Waals surface area contributed by atoms with E-state index >= 15 is 0 Å². The molecule has 1 N–H and O–H groups in total. The largest absolute Gasteiger partial charge is 0.491 e. The molecular formula is C20H24BrNO2. The molecule has 3 nitrogen and oxygen atoms in total. The Balaban J connectivity index is 1.56. The number of likely N-dealkylation sites (tertiary alicyclic amines) is 1. The quantitative estimate of drug-likeness (QED) is 0.797. The number of benzene rings is 2. The molecule has 0 spiro atoms. The normalized spacial score (nSPS) is 17.6. The van der Waals surface area contributed by atoms with Crippen molar-refractivity contribution in [3.63, 3.8) is 0 Å². The SMILES string of the molecule is CC(O)(COc1ccc(-c2ccc(Br)cc2)cc1)CN1CCCC1. The Hall–Kier alpha value is -1.36. The molecule has 0 saturated carbocycles. The van der Waals surface area contributed by atoms with Gasteiger partial charge in [-0.3, -0.25) is 0 Å². The number of nitrogens with zero attached hydrogens (tertiary/aromatic N) is 1. The van der Waals surface area contributed by atoms with Gasteiger partial charge in [0.25, 0.3) is 0 Å². The van der Waals surface area contributed by atoms with Gasteiger partial charge in [-0.05, 0) is 68.2 Å². The standard InChI is InChI=1S/C20H24BrNO2/c1-20(23,14-22-12-2-3-13-22)15-24-19-10-6-17(7-11-19)16-4-8-18(21)9-5-16/h4-11,23H,2-3,12-15H2,1H3. The fraction of sp³-hybridized carbons (Fsp3) is 0.400. The van der Waals surface area contributed by atoms with E-state index in [1.165, 1.54) is 18.4 Å². The van der Waals surface area contributed by atoms with Gasteiger partial charge >= 0.3 is 0 Å². The zero-order valence-electron chi connectivity index (χ0n) is 14.0. The molecule has 1 aliphatic heterocycles. The predicted molar refractivity (Wildman–Crippen MR) is 101 cm³/mol. The Morgan fingerprint density at radius 2 is 1.54 bits per heavy atom. The van der Waals surface area contributed by atoms with Crippen molar-refractivity contribution in [2.75, 3.05) is 26.2 Å². The van der Waals surface area contributed by atoms with Crippen molar-refractivity contribution in [2.24, 2.45) is 0 Å². The number of hydrogen-bond donors (Lipinski definition) is 1. The van der Waals surface area contributed by atoms with E-state index in [0.717, 1.165) is 28.9 Å². The van der Waals surface area contributed by atoms with Crippen LogP contribution < -0.4 is 4.74 Å². The first-order chi connectivity index (χ1) is 11.5. The minimum atomic E-state index is -0.825. The van der Waals surface area contributed by atoms with Gasteiger partial charge in [0.1, 0.15) is 18.0 Å². The van der Waals surface area contributed by atoms with E-state index in [4.69, 9.17) is 4.74 Å². The van der Waals surface area contributed by atoms with Crippen molar-refractivity contribution in [2.45, 2.75) is 25.4 Å². The van der Waals surface area contributed by atoms with Gasteiger partial charge in [-0.25, -0.2) is 0 Å². The van der Waals surface area contributed by atoms with E-state index in [2.05, 4.69) is 33.0 Å². The number of hydrogen-bond acceptors (Lipinski definition) is 3. The lowest BCUT2D eigenvalue weighted by Gasteiger charge is -2.28. The topological polar surface area (TPSA) is 32.7 Å². The summed E-state index contributed by atoms with van der Waals surface area (Å²) in [4.78, 5) is 2.31. The molecule has 0 aliphatic carbocycles. The summed E-state index contributed by atoms with van der Waals surface area (Å²) >= 11 is 3.45. The summed E-state index contributed by atoms with van der Waals surface area (Å²) in [5.74, 6) is 0.789. The molecule has 1 heterocycles. The molecule has 24 heavy (non-hydrogen) atoms. The first-order valence-corrected chi connectivity index (χ1v) is 9.25. The van der Waals surface area contributed by atoms with E-state index in [-0.39, 0.29) is 0 Å². The first-order valence-electron chi connectivity index (χ1n) is 8.45. The molecule has 1 unspecified atom stereocenters. The van der Waals surface area contributed by atoms with Crippen molar-refractivity contribution in [1.29, 1.82) is 0 Å². The van der Waals surface area contributed by atoms with Crippen molar-refractivity contribution < 1.29 is 9.84 Å². The van der Waals surface area contributed by atoms with Crippen molar-refractivity contribution in [3.05, 3.63) is 53.0 Å². The van der Waals surface area contributed by atoms with Crippen molar-refractivity contribution >= 4 is 15.9 Å². The van der Waals surface area contributed by atoms with Gasteiger partial charge in [-0.15, -0.1) is 0 Å². The summed E-state index contributed by atoms with van der Waals surface area (Å²) in [6, 6.07) is 16.3. The van der Waals surface area contributed by atoms with Gasteiger partial charge in [-0.2, -0.15) is 0 Å². The van der Waals surface area contributed by atoms with Gasteiger partial charge in [0, 0.05) is 11.0 Å². The number of rotatable bonds is 6. The molecule has 0 radical (unpaired) electrons. The lowest BCUT2D eigenvalue weighted by Crippen LogP contribution is -2.44. The van der Waals surface area contributed by atoms with Crippen molar-refractivity contribution in [1.82, 2.24) is 4.90 Å². The molecule has 1 aliphatic rings. The van der Waals surface area contributed by atoms with Crippen LogP contribution in [0, 0.1) is 0 Å². The molecule has 1 atom stereocenters. The average molecular weight is 390 g/mol. The van der Waals surface area contributed by atoms with Crippen LogP contribution in [-0.2, 0) is 0 Å².